The highest BCUT2D eigenvalue weighted by Gasteiger charge is 2.56. The summed E-state index contributed by atoms with van der Waals surface area (Å²) in [6, 6.07) is 20.8. The Balaban J connectivity index is 1.64. The minimum Gasteiger partial charge on any atom is -0.478 e. The number of rotatable bonds is 5. The van der Waals surface area contributed by atoms with Gasteiger partial charge >= 0.3 is 5.97 Å². The summed E-state index contributed by atoms with van der Waals surface area (Å²) in [5.74, 6) is -1.51. The second kappa shape index (κ2) is 8.12. The van der Waals surface area contributed by atoms with Crippen molar-refractivity contribution in [2.75, 3.05) is 4.90 Å². The number of benzene rings is 3. The average molecular weight is 444 g/mol. The minimum absolute atomic E-state index is 0.0558. The van der Waals surface area contributed by atoms with Crippen LogP contribution in [0.3, 0.4) is 0 Å². The number of hydrazine groups is 1. The van der Waals surface area contributed by atoms with Crippen LogP contribution in [0.5, 0.6) is 0 Å². The summed E-state index contributed by atoms with van der Waals surface area (Å²) < 4.78 is 0. The van der Waals surface area contributed by atoms with E-state index in [4.69, 9.17) is 0 Å². The minimum atomic E-state index is -1.06. The molecule has 0 radical (unpaired) electrons. The molecule has 3 aromatic carbocycles. The largest absolute Gasteiger partial charge is 0.478 e. The first-order valence-corrected chi connectivity index (χ1v) is 10.4. The van der Waals surface area contributed by atoms with Crippen LogP contribution in [0.15, 0.2) is 78.9 Å². The smallest absolute Gasteiger partial charge is 0.335 e. The second-order valence-electron chi connectivity index (χ2n) is 8.09. The molecule has 4 unspecified atom stereocenters. The molecule has 3 aromatic rings. The van der Waals surface area contributed by atoms with Gasteiger partial charge in [-0.1, -0.05) is 42.5 Å². The van der Waals surface area contributed by atoms with Gasteiger partial charge in [0.25, 0.3) is 5.69 Å². The Morgan fingerprint density at radius 3 is 2.24 bits per heavy atom. The maximum Gasteiger partial charge on any atom is 0.335 e. The van der Waals surface area contributed by atoms with Gasteiger partial charge in [0.1, 0.15) is 6.04 Å². The van der Waals surface area contributed by atoms with Crippen LogP contribution in [-0.2, 0) is 4.79 Å². The molecule has 0 aromatic heterocycles. The number of non-ortho nitro benzene ring substituents is 1. The first-order valence-electron chi connectivity index (χ1n) is 10.4. The lowest BCUT2D eigenvalue weighted by Gasteiger charge is -2.31. The van der Waals surface area contributed by atoms with Crippen molar-refractivity contribution in [3.8, 4) is 0 Å². The van der Waals surface area contributed by atoms with Crippen molar-refractivity contribution >= 4 is 23.3 Å². The summed E-state index contributed by atoms with van der Waals surface area (Å²) >= 11 is 0. The molecule has 3 N–H and O–H groups in total. The Labute approximate surface area is 188 Å². The van der Waals surface area contributed by atoms with E-state index in [2.05, 4.69) is 10.9 Å². The fourth-order valence-electron chi connectivity index (χ4n) is 4.83. The van der Waals surface area contributed by atoms with Gasteiger partial charge in [-0.2, -0.15) is 0 Å². The van der Waals surface area contributed by atoms with Gasteiger partial charge in [0, 0.05) is 23.7 Å². The molecule has 1 amide bonds. The van der Waals surface area contributed by atoms with Gasteiger partial charge in [0.2, 0.25) is 5.91 Å². The molecule has 0 saturated carbocycles. The second-order valence-corrected chi connectivity index (χ2v) is 8.09. The van der Waals surface area contributed by atoms with Crippen molar-refractivity contribution in [3.63, 3.8) is 0 Å². The third-order valence-electron chi connectivity index (χ3n) is 6.28. The van der Waals surface area contributed by atoms with E-state index in [0.29, 0.717) is 11.3 Å². The molecule has 0 aliphatic carbocycles. The first-order chi connectivity index (χ1) is 16.0. The van der Waals surface area contributed by atoms with Crippen LogP contribution in [0, 0.1) is 16.0 Å². The van der Waals surface area contributed by atoms with Crippen LogP contribution in [0.25, 0.3) is 0 Å². The lowest BCUT2D eigenvalue weighted by Crippen LogP contribution is -2.41. The summed E-state index contributed by atoms with van der Waals surface area (Å²) in [5, 5.41) is 20.7. The molecule has 33 heavy (non-hydrogen) atoms. The number of amides is 1. The van der Waals surface area contributed by atoms with Crippen molar-refractivity contribution in [3.05, 3.63) is 106 Å². The predicted octanol–water partition coefficient (Wildman–Crippen LogP) is 3.21. The van der Waals surface area contributed by atoms with Crippen molar-refractivity contribution in [1.29, 1.82) is 0 Å². The summed E-state index contributed by atoms with van der Waals surface area (Å²) in [6.45, 7) is 0. The zero-order valence-corrected chi connectivity index (χ0v) is 17.3. The maximum atomic E-state index is 13.6. The number of carboxylic acids is 1. The Morgan fingerprint density at radius 2 is 1.58 bits per heavy atom. The van der Waals surface area contributed by atoms with E-state index in [-0.39, 0.29) is 29.1 Å². The van der Waals surface area contributed by atoms with Crippen molar-refractivity contribution < 1.29 is 19.6 Å². The number of aromatic carboxylic acids is 1. The van der Waals surface area contributed by atoms with Gasteiger partial charge in [0.15, 0.2) is 0 Å². The van der Waals surface area contributed by atoms with Gasteiger partial charge in [-0.05, 0) is 35.4 Å². The lowest BCUT2D eigenvalue weighted by atomic mass is 9.83. The van der Waals surface area contributed by atoms with Crippen LogP contribution in [0.1, 0.15) is 33.6 Å². The van der Waals surface area contributed by atoms with Gasteiger partial charge in [0.05, 0.1) is 22.6 Å². The lowest BCUT2D eigenvalue weighted by molar-refractivity contribution is -0.384. The molecule has 9 heteroatoms. The van der Waals surface area contributed by atoms with Gasteiger partial charge in [-0.25, -0.2) is 15.6 Å². The first kappa shape index (κ1) is 20.8. The van der Waals surface area contributed by atoms with Crippen LogP contribution in [0.2, 0.25) is 0 Å². The zero-order chi connectivity index (χ0) is 23.1. The number of nitro groups is 1. The number of nitro benzene ring substituents is 1. The van der Waals surface area contributed by atoms with Crippen LogP contribution in [-0.4, -0.2) is 27.9 Å². The van der Waals surface area contributed by atoms with E-state index in [1.54, 1.807) is 29.2 Å². The zero-order valence-electron chi connectivity index (χ0n) is 17.3. The molecule has 5 rings (SSSR count). The molecule has 2 fully saturated rings. The third kappa shape index (κ3) is 3.53. The fourth-order valence-corrected chi connectivity index (χ4v) is 4.83. The highest BCUT2D eigenvalue weighted by atomic mass is 16.6. The molecule has 2 aliphatic heterocycles. The molecule has 166 valence electrons. The quantitative estimate of drug-likeness (QED) is 0.408. The number of nitrogens with zero attached hydrogens (tertiary/aromatic N) is 2. The van der Waals surface area contributed by atoms with Gasteiger partial charge in [-0.15, -0.1) is 0 Å². The van der Waals surface area contributed by atoms with E-state index in [1.807, 2.05) is 30.3 Å². The molecule has 0 bridgehead atoms. The van der Waals surface area contributed by atoms with Gasteiger partial charge in [-0.3, -0.25) is 14.9 Å². The number of hydrogen-bond acceptors (Lipinski definition) is 6. The van der Waals surface area contributed by atoms with E-state index in [0.717, 1.165) is 5.56 Å². The van der Waals surface area contributed by atoms with Crippen molar-refractivity contribution in [2.24, 2.45) is 5.92 Å². The molecular formula is C24H20N4O5. The SMILES string of the molecule is O=C(O)c1ccc(N2C(=O)C3NNC(c4ccccc4)C3C2c2cccc([N+](=O)[O-])c2)cc1. The fraction of sp³-hybridized carbons (Fsp3) is 0.167. The van der Waals surface area contributed by atoms with E-state index >= 15 is 0 Å². The summed E-state index contributed by atoms with van der Waals surface area (Å²) in [7, 11) is 0. The average Bonchev–Trinajstić information content (AvgIpc) is 3.38. The molecule has 9 nitrogen and oxygen atoms in total. The number of fused-ring (bicyclic) bond motifs is 1. The van der Waals surface area contributed by atoms with Crippen LogP contribution in [0.4, 0.5) is 11.4 Å². The maximum absolute atomic E-state index is 13.6. The monoisotopic (exact) mass is 444 g/mol. The standard InChI is InChI=1S/C24H20N4O5/c29-23-21-19(20(25-26-21)14-5-2-1-3-6-14)22(16-7-4-8-18(13-16)28(32)33)27(23)17-11-9-15(10-12-17)24(30)31/h1-13,19-22,25-26H,(H,30,31). The number of carbonyl (C=O) groups is 2. The number of carboxylic acid groups (broad SMARTS) is 1. The summed E-state index contributed by atoms with van der Waals surface area (Å²) in [4.78, 5) is 37.4. The van der Waals surface area contributed by atoms with E-state index in [1.165, 1.54) is 24.3 Å². The molecule has 0 spiro atoms. The van der Waals surface area contributed by atoms with Gasteiger partial charge < -0.3 is 10.0 Å². The van der Waals surface area contributed by atoms with E-state index in [9.17, 15) is 24.8 Å². The Bertz CT molecular complexity index is 1230. The van der Waals surface area contributed by atoms with Crippen LogP contribution < -0.4 is 15.8 Å². The predicted molar refractivity (Wildman–Crippen MR) is 119 cm³/mol. The topological polar surface area (TPSA) is 125 Å². The summed E-state index contributed by atoms with van der Waals surface area (Å²) in [5.41, 5.74) is 8.56. The Hall–Kier alpha value is -4.08. The molecular weight excluding hydrogens is 424 g/mol. The number of anilines is 1. The molecule has 4 atom stereocenters. The molecule has 2 aliphatic rings. The number of nitrogens with one attached hydrogen (secondary N) is 2. The van der Waals surface area contributed by atoms with Crippen LogP contribution >= 0.6 is 0 Å². The normalized spacial score (nSPS) is 24.0. The highest BCUT2D eigenvalue weighted by molar-refractivity contribution is 6.01. The Morgan fingerprint density at radius 1 is 0.909 bits per heavy atom. The van der Waals surface area contributed by atoms with Crippen molar-refractivity contribution in [1.82, 2.24) is 10.9 Å². The van der Waals surface area contributed by atoms with Crippen molar-refractivity contribution in [2.45, 2.75) is 18.1 Å². The third-order valence-corrected chi connectivity index (χ3v) is 6.28. The number of carbonyl (C=O) groups excluding carboxylic acids is 1. The number of hydrogen-bond donors (Lipinski definition) is 3. The Kier molecular flexibility index (Phi) is 5.12. The van der Waals surface area contributed by atoms with E-state index < -0.39 is 23.0 Å². The highest BCUT2D eigenvalue weighted by Crippen LogP contribution is 2.49. The molecule has 2 saturated heterocycles. The molecule has 2 heterocycles. The summed E-state index contributed by atoms with van der Waals surface area (Å²) in [6.07, 6.45) is 0.